The summed E-state index contributed by atoms with van der Waals surface area (Å²) in [6.45, 7) is 0. The minimum Gasteiger partial charge on any atom is -0.495 e. The Morgan fingerprint density at radius 1 is 1.08 bits per heavy atom. The zero-order valence-electron chi connectivity index (χ0n) is 13.1. The molecule has 0 atom stereocenters. The van der Waals surface area contributed by atoms with E-state index in [1.165, 1.54) is 7.11 Å². The van der Waals surface area contributed by atoms with E-state index in [-0.39, 0.29) is 17.9 Å². The van der Waals surface area contributed by atoms with E-state index >= 15 is 0 Å². The molecular formula is C18H17ClN2O3. The van der Waals surface area contributed by atoms with Crippen molar-refractivity contribution in [1.29, 1.82) is 0 Å². The van der Waals surface area contributed by atoms with Gasteiger partial charge in [0.1, 0.15) is 5.75 Å². The fourth-order valence-electron chi connectivity index (χ4n) is 2.27. The summed E-state index contributed by atoms with van der Waals surface area (Å²) in [5.74, 6) is 0.0134. The van der Waals surface area contributed by atoms with Crippen LogP contribution in [0.3, 0.4) is 0 Å². The third kappa shape index (κ3) is 3.86. The average Bonchev–Trinajstić information content (AvgIpc) is 3.39. The monoisotopic (exact) mass is 344 g/mol. The molecule has 2 amide bonds. The maximum Gasteiger partial charge on any atom is 0.255 e. The van der Waals surface area contributed by atoms with Gasteiger partial charge in [-0.2, -0.15) is 0 Å². The number of carbonyl (C=O) groups excluding carboxylic acids is 2. The van der Waals surface area contributed by atoms with Gasteiger partial charge in [0.15, 0.2) is 0 Å². The molecule has 2 N–H and O–H groups in total. The summed E-state index contributed by atoms with van der Waals surface area (Å²) in [4.78, 5) is 24.6. The molecule has 0 aromatic heterocycles. The highest BCUT2D eigenvalue weighted by Crippen LogP contribution is 2.28. The number of anilines is 1. The highest BCUT2D eigenvalue weighted by molar-refractivity contribution is 6.31. The van der Waals surface area contributed by atoms with Gasteiger partial charge >= 0.3 is 0 Å². The van der Waals surface area contributed by atoms with Crippen LogP contribution < -0.4 is 15.4 Å². The maximum atomic E-state index is 12.5. The van der Waals surface area contributed by atoms with Crippen molar-refractivity contribution < 1.29 is 14.3 Å². The van der Waals surface area contributed by atoms with Crippen LogP contribution in [-0.4, -0.2) is 25.0 Å². The molecule has 2 aromatic rings. The topological polar surface area (TPSA) is 67.4 Å². The van der Waals surface area contributed by atoms with E-state index in [0.29, 0.717) is 27.6 Å². The Hall–Kier alpha value is -2.53. The molecule has 1 fully saturated rings. The van der Waals surface area contributed by atoms with Crippen molar-refractivity contribution in [2.24, 2.45) is 0 Å². The molecule has 0 spiro atoms. The third-order valence-corrected chi connectivity index (χ3v) is 3.94. The van der Waals surface area contributed by atoms with Crippen molar-refractivity contribution in [2.45, 2.75) is 18.9 Å². The number of ether oxygens (including phenoxy) is 1. The van der Waals surface area contributed by atoms with Gasteiger partial charge in [-0.1, -0.05) is 17.7 Å². The summed E-state index contributed by atoms with van der Waals surface area (Å²) in [6, 6.07) is 11.8. The van der Waals surface area contributed by atoms with Gasteiger partial charge in [0, 0.05) is 22.2 Å². The third-order valence-electron chi connectivity index (χ3n) is 3.71. The van der Waals surface area contributed by atoms with Crippen LogP contribution >= 0.6 is 11.6 Å². The number of rotatable bonds is 5. The van der Waals surface area contributed by atoms with E-state index in [1.807, 2.05) is 0 Å². The molecule has 0 aliphatic heterocycles. The highest BCUT2D eigenvalue weighted by Gasteiger charge is 2.24. The Bertz CT molecular complexity index is 788. The van der Waals surface area contributed by atoms with Gasteiger partial charge in [-0.25, -0.2) is 0 Å². The molecule has 6 heteroatoms. The summed E-state index contributed by atoms with van der Waals surface area (Å²) in [7, 11) is 1.52. The van der Waals surface area contributed by atoms with Crippen LogP contribution in [0.25, 0.3) is 0 Å². The van der Waals surface area contributed by atoms with Crippen molar-refractivity contribution in [3.05, 3.63) is 58.6 Å². The van der Waals surface area contributed by atoms with Gasteiger partial charge in [-0.3, -0.25) is 9.59 Å². The summed E-state index contributed by atoms with van der Waals surface area (Å²) in [5.41, 5.74) is 1.33. The summed E-state index contributed by atoms with van der Waals surface area (Å²) < 4.78 is 5.21. The van der Waals surface area contributed by atoms with Crippen molar-refractivity contribution in [3.8, 4) is 5.75 Å². The zero-order valence-corrected chi connectivity index (χ0v) is 13.9. The molecule has 3 rings (SSSR count). The number of halogens is 1. The average molecular weight is 345 g/mol. The van der Waals surface area contributed by atoms with Crippen molar-refractivity contribution >= 4 is 29.1 Å². The Morgan fingerprint density at radius 3 is 2.46 bits per heavy atom. The number of carbonyl (C=O) groups is 2. The maximum absolute atomic E-state index is 12.5. The molecule has 0 radical (unpaired) electrons. The SMILES string of the molecule is COc1ccc(Cl)cc1NC(=O)c1cccc(C(=O)NC2CC2)c1. The molecular weight excluding hydrogens is 328 g/mol. The summed E-state index contributed by atoms with van der Waals surface area (Å²) in [5, 5.41) is 6.15. The number of hydrogen-bond acceptors (Lipinski definition) is 3. The molecule has 0 unspecified atom stereocenters. The second kappa shape index (κ2) is 6.93. The van der Waals surface area contributed by atoms with E-state index in [2.05, 4.69) is 10.6 Å². The standard InChI is InChI=1S/C18H17ClN2O3/c1-24-16-8-5-13(19)10-15(16)21-18(23)12-4-2-3-11(9-12)17(22)20-14-6-7-14/h2-5,8-10,14H,6-7H2,1H3,(H,20,22)(H,21,23). The predicted molar refractivity (Wildman–Crippen MR) is 92.9 cm³/mol. The highest BCUT2D eigenvalue weighted by atomic mass is 35.5. The lowest BCUT2D eigenvalue weighted by Crippen LogP contribution is -2.25. The van der Waals surface area contributed by atoms with E-state index in [1.54, 1.807) is 42.5 Å². The Labute approximate surface area is 145 Å². The van der Waals surface area contributed by atoms with Crippen molar-refractivity contribution in [3.63, 3.8) is 0 Å². The lowest BCUT2D eigenvalue weighted by molar-refractivity contribution is 0.0951. The number of hydrogen-bond donors (Lipinski definition) is 2. The van der Waals surface area contributed by atoms with Crippen LogP contribution in [0.4, 0.5) is 5.69 Å². The quantitative estimate of drug-likeness (QED) is 0.872. The van der Waals surface area contributed by atoms with Crippen molar-refractivity contribution in [2.75, 3.05) is 12.4 Å². The van der Waals surface area contributed by atoms with Gasteiger partial charge in [-0.15, -0.1) is 0 Å². The van der Waals surface area contributed by atoms with Crippen LogP contribution in [0.15, 0.2) is 42.5 Å². The van der Waals surface area contributed by atoms with Gasteiger partial charge in [0.2, 0.25) is 0 Å². The lowest BCUT2D eigenvalue weighted by Gasteiger charge is -2.11. The summed E-state index contributed by atoms with van der Waals surface area (Å²) in [6.07, 6.45) is 2.03. The molecule has 0 heterocycles. The van der Waals surface area contributed by atoms with Crippen LogP contribution in [0.2, 0.25) is 5.02 Å². The second-order valence-electron chi connectivity index (χ2n) is 5.63. The van der Waals surface area contributed by atoms with E-state index in [0.717, 1.165) is 12.8 Å². The summed E-state index contributed by atoms with van der Waals surface area (Å²) >= 11 is 5.96. The van der Waals surface area contributed by atoms with Crippen LogP contribution in [-0.2, 0) is 0 Å². The molecule has 1 saturated carbocycles. The largest absolute Gasteiger partial charge is 0.495 e. The first-order chi connectivity index (χ1) is 11.6. The molecule has 5 nitrogen and oxygen atoms in total. The number of nitrogens with one attached hydrogen (secondary N) is 2. The Kier molecular flexibility index (Phi) is 4.71. The Balaban J connectivity index is 1.77. The molecule has 24 heavy (non-hydrogen) atoms. The molecule has 1 aliphatic carbocycles. The van der Waals surface area contributed by atoms with E-state index in [9.17, 15) is 9.59 Å². The fourth-order valence-corrected chi connectivity index (χ4v) is 2.44. The van der Waals surface area contributed by atoms with Gasteiger partial charge < -0.3 is 15.4 Å². The second-order valence-corrected chi connectivity index (χ2v) is 6.06. The Morgan fingerprint density at radius 2 is 1.79 bits per heavy atom. The predicted octanol–water partition coefficient (Wildman–Crippen LogP) is 3.49. The molecule has 0 bridgehead atoms. The van der Waals surface area contributed by atoms with Crippen LogP contribution in [0.5, 0.6) is 5.75 Å². The minimum atomic E-state index is -0.336. The van der Waals surface area contributed by atoms with Crippen LogP contribution in [0.1, 0.15) is 33.6 Å². The number of methoxy groups -OCH3 is 1. The molecule has 124 valence electrons. The minimum absolute atomic E-state index is 0.160. The van der Waals surface area contributed by atoms with E-state index in [4.69, 9.17) is 16.3 Å². The van der Waals surface area contributed by atoms with Gasteiger partial charge in [-0.05, 0) is 49.2 Å². The number of benzene rings is 2. The molecule has 1 aliphatic rings. The normalized spacial score (nSPS) is 13.2. The van der Waals surface area contributed by atoms with Crippen molar-refractivity contribution in [1.82, 2.24) is 5.32 Å². The first-order valence-electron chi connectivity index (χ1n) is 7.62. The van der Waals surface area contributed by atoms with Gasteiger partial charge in [0.25, 0.3) is 11.8 Å². The lowest BCUT2D eigenvalue weighted by atomic mass is 10.1. The smallest absolute Gasteiger partial charge is 0.255 e. The first-order valence-corrected chi connectivity index (χ1v) is 8.00. The zero-order chi connectivity index (χ0) is 17.1. The van der Waals surface area contributed by atoms with E-state index < -0.39 is 0 Å². The molecule has 0 saturated heterocycles. The first kappa shape index (κ1) is 16.3. The fraction of sp³-hybridized carbons (Fsp3) is 0.222. The van der Waals surface area contributed by atoms with Crippen LogP contribution in [0, 0.1) is 0 Å². The molecule has 2 aromatic carbocycles. The van der Waals surface area contributed by atoms with Gasteiger partial charge in [0.05, 0.1) is 12.8 Å². The number of amides is 2.